The predicted octanol–water partition coefficient (Wildman–Crippen LogP) is 0.868. The smallest absolute Gasteiger partial charge is 0.320 e. The van der Waals surface area contributed by atoms with Gasteiger partial charge in [-0.2, -0.15) is 0 Å². The molecule has 1 aliphatic rings. The van der Waals surface area contributed by atoms with Crippen LogP contribution in [0.4, 0.5) is 4.79 Å². The predicted molar refractivity (Wildman–Crippen MR) is 66.4 cm³/mol. The first kappa shape index (κ1) is 14.8. The number of carbonyl (C=O) groups excluding carboxylic acids is 1. The number of amides is 2. The van der Waals surface area contributed by atoms with E-state index in [9.17, 15) is 9.59 Å². The van der Waals surface area contributed by atoms with Gasteiger partial charge in [-0.1, -0.05) is 0 Å². The zero-order chi connectivity index (χ0) is 13.9. The molecule has 2 amide bonds. The summed E-state index contributed by atoms with van der Waals surface area (Å²) in [6.07, 6.45) is 0. The van der Waals surface area contributed by atoms with E-state index < -0.39 is 11.9 Å². The molecule has 1 fully saturated rings. The Hall–Kier alpha value is -1.30. The summed E-state index contributed by atoms with van der Waals surface area (Å²) in [4.78, 5) is 26.6. The maximum absolute atomic E-state index is 12.3. The molecule has 0 saturated carbocycles. The molecule has 0 aromatic heterocycles. The van der Waals surface area contributed by atoms with Crippen LogP contribution < -0.4 is 0 Å². The quantitative estimate of drug-likeness (QED) is 0.812. The number of aliphatic carboxylic acids is 1. The number of likely N-dealkylation sites (N-methyl/N-ethyl adjacent to an activating group) is 1. The number of carboxylic acid groups (broad SMARTS) is 1. The van der Waals surface area contributed by atoms with Crippen LogP contribution in [0, 0.1) is 5.92 Å². The Morgan fingerprint density at radius 2 is 2.00 bits per heavy atom. The molecule has 1 rings (SSSR count). The highest BCUT2D eigenvalue weighted by Gasteiger charge is 2.39. The molecule has 1 N–H and O–H groups in total. The van der Waals surface area contributed by atoms with Crippen LogP contribution in [-0.4, -0.2) is 65.8 Å². The van der Waals surface area contributed by atoms with Gasteiger partial charge in [0.05, 0.1) is 19.3 Å². The minimum absolute atomic E-state index is 0.0931. The highest BCUT2D eigenvalue weighted by Crippen LogP contribution is 2.20. The van der Waals surface area contributed by atoms with Crippen LogP contribution in [0.1, 0.15) is 20.8 Å². The van der Waals surface area contributed by atoms with E-state index in [2.05, 4.69) is 0 Å². The lowest BCUT2D eigenvalue weighted by molar-refractivity contribution is -0.142. The second kappa shape index (κ2) is 6.04. The second-order valence-corrected chi connectivity index (χ2v) is 4.82. The molecule has 0 bridgehead atoms. The molecule has 104 valence electrons. The Balaban J connectivity index is 2.76. The van der Waals surface area contributed by atoms with Crippen molar-refractivity contribution in [2.24, 2.45) is 5.92 Å². The van der Waals surface area contributed by atoms with Crippen LogP contribution in [0.25, 0.3) is 0 Å². The fraction of sp³-hybridized carbons (Fsp3) is 0.833. The third-order valence-corrected chi connectivity index (χ3v) is 3.38. The maximum Gasteiger partial charge on any atom is 0.320 e. The van der Waals surface area contributed by atoms with Gasteiger partial charge in [0, 0.05) is 19.6 Å². The molecule has 0 radical (unpaired) electrons. The van der Waals surface area contributed by atoms with Crippen molar-refractivity contribution in [3.63, 3.8) is 0 Å². The first-order valence-corrected chi connectivity index (χ1v) is 6.24. The molecule has 0 aliphatic carbocycles. The molecule has 2 unspecified atom stereocenters. The van der Waals surface area contributed by atoms with Crippen LogP contribution in [0.2, 0.25) is 0 Å². The van der Waals surface area contributed by atoms with Gasteiger partial charge in [-0.3, -0.25) is 4.79 Å². The third kappa shape index (κ3) is 2.93. The third-order valence-electron chi connectivity index (χ3n) is 3.38. The van der Waals surface area contributed by atoms with Crippen LogP contribution in [0.5, 0.6) is 0 Å². The lowest BCUT2D eigenvalue weighted by Crippen LogP contribution is -2.51. The highest BCUT2D eigenvalue weighted by molar-refractivity contribution is 5.77. The number of urea groups is 1. The van der Waals surface area contributed by atoms with Crippen LogP contribution in [0.3, 0.4) is 0 Å². The first-order chi connectivity index (χ1) is 8.40. The number of ether oxygens (including phenoxy) is 1. The van der Waals surface area contributed by atoms with E-state index in [0.29, 0.717) is 6.54 Å². The molecule has 1 saturated heterocycles. The molecule has 6 nitrogen and oxygen atoms in total. The van der Waals surface area contributed by atoms with Crippen molar-refractivity contribution in [1.29, 1.82) is 0 Å². The minimum Gasteiger partial charge on any atom is -0.481 e. The largest absolute Gasteiger partial charge is 0.481 e. The van der Waals surface area contributed by atoms with Gasteiger partial charge in [0.1, 0.15) is 5.92 Å². The standard InChI is InChI=1S/C12H22N2O4/c1-5-14(8(2)3)12(17)13(4)10-7-18-6-9(10)11(15)16/h8-10H,5-7H2,1-4H3,(H,15,16). The summed E-state index contributed by atoms with van der Waals surface area (Å²) >= 11 is 0. The summed E-state index contributed by atoms with van der Waals surface area (Å²) in [5.74, 6) is -1.55. The van der Waals surface area contributed by atoms with Gasteiger partial charge in [0.2, 0.25) is 0 Å². The van der Waals surface area contributed by atoms with Gasteiger partial charge in [0.25, 0.3) is 0 Å². The van der Waals surface area contributed by atoms with Gasteiger partial charge in [0.15, 0.2) is 0 Å². The van der Waals surface area contributed by atoms with Crippen molar-refractivity contribution in [2.75, 3.05) is 26.8 Å². The van der Waals surface area contributed by atoms with Gasteiger partial charge in [-0.25, -0.2) is 4.79 Å². The van der Waals surface area contributed by atoms with E-state index in [1.54, 1.807) is 11.9 Å². The number of carbonyl (C=O) groups is 2. The molecule has 1 aliphatic heterocycles. The fourth-order valence-corrected chi connectivity index (χ4v) is 2.23. The molecule has 1 heterocycles. The number of hydrogen-bond donors (Lipinski definition) is 1. The SMILES string of the molecule is CCN(C(=O)N(C)C1COCC1C(=O)O)C(C)C. The maximum atomic E-state index is 12.3. The zero-order valence-corrected chi connectivity index (χ0v) is 11.4. The van der Waals surface area contributed by atoms with E-state index in [4.69, 9.17) is 9.84 Å². The van der Waals surface area contributed by atoms with Crippen molar-refractivity contribution in [3.8, 4) is 0 Å². The summed E-state index contributed by atoms with van der Waals surface area (Å²) < 4.78 is 5.18. The minimum atomic E-state index is -0.912. The van der Waals surface area contributed by atoms with Crippen LogP contribution in [-0.2, 0) is 9.53 Å². The summed E-state index contributed by atoms with van der Waals surface area (Å²) in [6.45, 7) is 6.85. The molecule has 0 aromatic rings. The lowest BCUT2D eigenvalue weighted by Gasteiger charge is -2.34. The van der Waals surface area contributed by atoms with Crippen LogP contribution in [0.15, 0.2) is 0 Å². The molecule has 6 heteroatoms. The lowest BCUT2D eigenvalue weighted by atomic mass is 10.0. The van der Waals surface area contributed by atoms with E-state index in [0.717, 1.165) is 0 Å². The first-order valence-electron chi connectivity index (χ1n) is 6.24. The molecule has 0 aromatic carbocycles. The Kier molecular flexibility index (Phi) is 4.95. The Morgan fingerprint density at radius 1 is 1.39 bits per heavy atom. The molecule has 0 spiro atoms. The molecule has 2 atom stereocenters. The highest BCUT2D eigenvalue weighted by atomic mass is 16.5. The van der Waals surface area contributed by atoms with Gasteiger partial charge in [-0.15, -0.1) is 0 Å². The van der Waals surface area contributed by atoms with Gasteiger partial charge >= 0.3 is 12.0 Å². The Bertz CT molecular complexity index is 319. The Labute approximate surface area is 107 Å². The summed E-state index contributed by atoms with van der Waals surface area (Å²) in [7, 11) is 1.64. The van der Waals surface area contributed by atoms with E-state index in [1.165, 1.54) is 4.90 Å². The van der Waals surface area contributed by atoms with E-state index >= 15 is 0 Å². The normalized spacial score (nSPS) is 23.2. The van der Waals surface area contributed by atoms with Crippen molar-refractivity contribution in [1.82, 2.24) is 9.80 Å². The summed E-state index contributed by atoms with van der Waals surface area (Å²) in [5, 5.41) is 9.09. The average Bonchev–Trinajstić information content (AvgIpc) is 2.77. The monoisotopic (exact) mass is 258 g/mol. The number of carboxylic acids is 1. The average molecular weight is 258 g/mol. The number of nitrogens with zero attached hydrogens (tertiary/aromatic N) is 2. The van der Waals surface area contributed by atoms with Gasteiger partial charge < -0.3 is 19.6 Å². The topological polar surface area (TPSA) is 70.1 Å². The van der Waals surface area contributed by atoms with E-state index in [-0.39, 0.29) is 31.3 Å². The molecule has 18 heavy (non-hydrogen) atoms. The Morgan fingerprint density at radius 3 is 2.44 bits per heavy atom. The second-order valence-electron chi connectivity index (χ2n) is 4.82. The number of hydrogen-bond acceptors (Lipinski definition) is 3. The fourth-order valence-electron chi connectivity index (χ4n) is 2.23. The zero-order valence-electron chi connectivity index (χ0n) is 11.4. The summed E-state index contributed by atoms with van der Waals surface area (Å²) in [5.41, 5.74) is 0. The molecular weight excluding hydrogens is 236 g/mol. The van der Waals surface area contributed by atoms with Crippen molar-refractivity contribution in [3.05, 3.63) is 0 Å². The van der Waals surface area contributed by atoms with E-state index in [1.807, 2.05) is 20.8 Å². The van der Waals surface area contributed by atoms with Gasteiger partial charge in [-0.05, 0) is 20.8 Å². The van der Waals surface area contributed by atoms with Crippen LogP contribution >= 0.6 is 0 Å². The summed E-state index contributed by atoms with van der Waals surface area (Å²) in [6, 6.07) is -0.437. The van der Waals surface area contributed by atoms with Crippen molar-refractivity contribution >= 4 is 12.0 Å². The molecular formula is C12H22N2O4. The van der Waals surface area contributed by atoms with Crippen molar-refractivity contribution < 1.29 is 19.4 Å². The van der Waals surface area contributed by atoms with Crippen molar-refractivity contribution in [2.45, 2.75) is 32.9 Å². The number of rotatable bonds is 4.